The fourth-order valence-electron chi connectivity index (χ4n) is 2.10. The Hall–Kier alpha value is -1.77. The number of aryl methyl sites for hydroxylation is 2. The maximum Gasteiger partial charge on any atom is 0.287 e. The van der Waals surface area contributed by atoms with E-state index < -0.39 is 0 Å². The second-order valence-corrected chi connectivity index (χ2v) is 5.94. The van der Waals surface area contributed by atoms with Gasteiger partial charge in [-0.1, -0.05) is 13.0 Å². The molecule has 1 aromatic heterocycles. The Balaban J connectivity index is 2.45. The molecule has 1 heterocycles. The van der Waals surface area contributed by atoms with Crippen LogP contribution in [-0.4, -0.2) is 11.4 Å². The average molecular weight is 259 g/mol. The topological polar surface area (TPSA) is 42.2 Å². The van der Waals surface area contributed by atoms with Gasteiger partial charge in [-0.15, -0.1) is 0 Å². The Morgan fingerprint density at radius 2 is 2.00 bits per heavy atom. The van der Waals surface area contributed by atoms with Gasteiger partial charge in [0.2, 0.25) is 0 Å². The highest BCUT2D eigenvalue weighted by atomic mass is 16.3. The summed E-state index contributed by atoms with van der Waals surface area (Å²) in [5, 5.41) is 3.96. The van der Waals surface area contributed by atoms with Crippen LogP contribution in [0.5, 0.6) is 0 Å². The lowest BCUT2D eigenvalue weighted by molar-refractivity contribution is 0.0892. The highest BCUT2D eigenvalue weighted by Crippen LogP contribution is 2.26. The van der Waals surface area contributed by atoms with Gasteiger partial charge in [-0.05, 0) is 51.8 Å². The molecule has 1 aromatic carbocycles. The lowest BCUT2D eigenvalue weighted by Crippen LogP contribution is -2.40. The van der Waals surface area contributed by atoms with Crippen molar-refractivity contribution in [2.75, 3.05) is 0 Å². The van der Waals surface area contributed by atoms with Crippen molar-refractivity contribution < 1.29 is 9.21 Å². The molecule has 3 nitrogen and oxygen atoms in total. The minimum atomic E-state index is -0.267. The van der Waals surface area contributed by atoms with Gasteiger partial charge in [0.1, 0.15) is 5.58 Å². The number of benzene rings is 1. The van der Waals surface area contributed by atoms with Gasteiger partial charge in [-0.25, -0.2) is 0 Å². The van der Waals surface area contributed by atoms with Crippen molar-refractivity contribution in [2.24, 2.45) is 0 Å². The first-order valence-corrected chi connectivity index (χ1v) is 6.66. The maximum absolute atomic E-state index is 12.2. The molecule has 0 aliphatic carbocycles. The van der Waals surface area contributed by atoms with Crippen molar-refractivity contribution in [3.8, 4) is 0 Å². The van der Waals surface area contributed by atoms with Crippen LogP contribution in [0.15, 0.2) is 22.6 Å². The van der Waals surface area contributed by atoms with Gasteiger partial charge in [0, 0.05) is 16.5 Å². The number of nitrogens with one attached hydrogen (secondary N) is 1. The average Bonchev–Trinajstić information content (AvgIpc) is 2.64. The zero-order chi connectivity index (χ0) is 14.2. The molecule has 0 aliphatic rings. The fourth-order valence-corrected chi connectivity index (χ4v) is 2.10. The molecule has 1 amide bonds. The summed E-state index contributed by atoms with van der Waals surface area (Å²) < 4.78 is 5.69. The number of furan rings is 1. The predicted octanol–water partition coefficient (Wildman–Crippen LogP) is 3.83. The van der Waals surface area contributed by atoms with Crippen molar-refractivity contribution in [3.63, 3.8) is 0 Å². The Bertz CT molecular complexity index is 617. The normalized spacial score (nSPS) is 11.8. The summed E-state index contributed by atoms with van der Waals surface area (Å²) in [6.45, 7) is 9.92. The lowest BCUT2D eigenvalue weighted by atomic mass is 10.1. The molecule has 102 valence electrons. The minimum absolute atomic E-state index is 0.153. The van der Waals surface area contributed by atoms with Gasteiger partial charge < -0.3 is 9.73 Å². The highest BCUT2D eigenvalue weighted by molar-refractivity contribution is 5.99. The predicted molar refractivity (Wildman–Crippen MR) is 77.5 cm³/mol. The van der Waals surface area contributed by atoms with Crippen molar-refractivity contribution in [3.05, 3.63) is 35.1 Å². The van der Waals surface area contributed by atoms with E-state index in [2.05, 4.69) is 18.3 Å². The minimum Gasteiger partial charge on any atom is -0.451 e. The second-order valence-electron chi connectivity index (χ2n) is 5.94. The first kappa shape index (κ1) is 13.7. The number of hydrogen-bond acceptors (Lipinski definition) is 2. The van der Waals surface area contributed by atoms with Crippen LogP contribution in [0.4, 0.5) is 0 Å². The summed E-state index contributed by atoms with van der Waals surface area (Å²) in [5.74, 6) is 0.262. The van der Waals surface area contributed by atoms with E-state index in [4.69, 9.17) is 4.42 Å². The molecule has 0 saturated heterocycles. The van der Waals surface area contributed by atoms with E-state index in [0.29, 0.717) is 5.76 Å². The first-order chi connectivity index (χ1) is 8.81. The maximum atomic E-state index is 12.2. The van der Waals surface area contributed by atoms with E-state index in [1.165, 1.54) is 5.56 Å². The van der Waals surface area contributed by atoms with E-state index in [0.717, 1.165) is 23.0 Å². The van der Waals surface area contributed by atoms with Crippen LogP contribution in [0.2, 0.25) is 0 Å². The van der Waals surface area contributed by atoms with Gasteiger partial charge in [0.15, 0.2) is 5.76 Å². The Labute approximate surface area is 114 Å². The summed E-state index contributed by atoms with van der Waals surface area (Å²) in [6.07, 6.45) is 0.976. The van der Waals surface area contributed by atoms with Crippen LogP contribution in [0.3, 0.4) is 0 Å². The van der Waals surface area contributed by atoms with Gasteiger partial charge in [0.05, 0.1) is 0 Å². The molecule has 0 atom stereocenters. The van der Waals surface area contributed by atoms with Gasteiger partial charge in [-0.2, -0.15) is 0 Å². The van der Waals surface area contributed by atoms with Gasteiger partial charge in [0.25, 0.3) is 5.91 Å². The molecular formula is C16H21NO2. The third kappa shape index (κ3) is 2.80. The van der Waals surface area contributed by atoms with Gasteiger partial charge in [-0.3, -0.25) is 4.79 Å². The molecule has 2 rings (SSSR count). The van der Waals surface area contributed by atoms with Crippen LogP contribution in [0.1, 0.15) is 49.4 Å². The van der Waals surface area contributed by atoms with Crippen LogP contribution < -0.4 is 5.32 Å². The SMILES string of the molecule is CCc1ccc2oc(C(=O)NC(C)(C)C)c(C)c2c1. The molecule has 1 N–H and O–H groups in total. The molecular weight excluding hydrogens is 238 g/mol. The second kappa shape index (κ2) is 4.72. The molecule has 0 radical (unpaired) electrons. The summed E-state index contributed by atoms with van der Waals surface area (Å²) >= 11 is 0. The highest BCUT2D eigenvalue weighted by Gasteiger charge is 2.21. The van der Waals surface area contributed by atoms with Crippen molar-refractivity contribution in [2.45, 2.75) is 46.6 Å². The number of rotatable bonds is 2. The standard InChI is InChI=1S/C16H21NO2/c1-6-11-7-8-13-12(9-11)10(2)14(19-13)15(18)17-16(3,4)5/h7-9H,6H2,1-5H3,(H,17,18). The molecule has 0 aliphatic heterocycles. The monoisotopic (exact) mass is 259 g/mol. The zero-order valence-electron chi connectivity index (χ0n) is 12.3. The largest absolute Gasteiger partial charge is 0.451 e. The fraction of sp³-hybridized carbons (Fsp3) is 0.438. The molecule has 19 heavy (non-hydrogen) atoms. The Morgan fingerprint density at radius 1 is 1.32 bits per heavy atom. The quantitative estimate of drug-likeness (QED) is 0.890. The van der Waals surface area contributed by atoms with Crippen LogP contribution in [-0.2, 0) is 6.42 Å². The van der Waals surface area contributed by atoms with Crippen LogP contribution in [0.25, 0.3) is 11.0 Å². The molecule has 0 saturated carbocycles. The third-order valence-electron chi connectivity index (χ3n) is 3.10. The Kier molecular flexibility index (Phi) is 3.40. The number of carbonyl (C=O) groups excluding carboxylic acids is 1. The molecule has 0 unspecified atom stereocenters. The van der Waals surface area contributed by atoms with Crippen molar-refractivity contribution in [1.82, 2.24) is 5.32 Å². The Morgan fingerprint density at radius 3 is 2.58 bits per heavy atom. The molecule has 2 aromatic rings. The molecule has 3 heteroatoms. The van der Waals surface area contributed by atoms with Crippen molar-refractivity contribution >= 4 is 16.9 Å². The number of amides is 1. The number of fused-ring (bicyclic) bond motifs is 1. The summed E-state index contributed by atoms with van der Waals surface area (Å²) in [7, 11) is 0. The first-order valence-electron chi connectivity index (χ1n) is 6.66. The van der Waals surface area contributed by atoms with E-state index in [9.17, 15) is 4.79 Å². The summed E-state index contributed by atoms with van der Waals surface area (Å²) in [4.78, 5) is 12.2. The molecule has 0 bridgehead atoms. The van der Waals surface area contributed by atoms with E-state index >= 15 is 0 Å². The number of carbonyl (C=O) groups is 1. The van der Waals surface area contributed by atoms with E-state index in [1.807, 2.05) is 39.8 Å². The number of hydrogen-bond donors (Lipinski definition) is 1. The molecule has 0 fully saturated rings. The van der Waals surface area contributed by atoms with E-state index in [1.54, 1.807) is 0 Å². The summed E-state index contributed by atoms with van der Waals surface area (Å²) in [6, 6.07) is 6.08. The van der Waals surface area contributed by atoms with Crippen LogP contribution >= 0.6 is 0 Å². The van der Waals surface area contributed by atoms with Gasteiger partial charge >= 0.3 is 0 Å². The smallest absolute Gasteiger partial charge is 0.287 e. The lowest BCUT2D eigenvalue weighted by Gasteiger charge is -2.19. The van der Waals surface area contributed by atoms with E-state index in [-0.39, 0.29) is 11.4 Å². The van der Waals surface area contributed by atoms with Crippen LogP contribution in [0, 0.1) is 6.92 Å². The summed E-state index contributed by atoms with van der Waals surface area (Å²) in [5.41, 5.74) is 2.66. The van der Waals surface area contributed by atoms with Crippen molar-refractivity contribution in [1.29, 1.82) is 0 Å². The zero-order valence-corrected chi connectivity index (χ0v) is 12.3. The molecule has 0 spiro atoms. The third-order valence-corrected chi connectivity index (χ3v) is 3.10.